The van der Waals surface area contributed by atoms with Gasteiger partial charge in [0.25, 0.3) is 0 Å². The minimum atomic E-state index is -0.409. The number of nitrogens with zero attached hydrogens (tertiary/aromatic N) is 3. The molecule has 4 atom stereocenters. The largest absolute Gasteiger partial charge is 0.391 e. The van der Waals surface area contributed by atoms with Crippen molar-refractivity contribution in [3.63, 3.8) is 0 Å². The highest BCUT2D eigenvalue weighted by Crippen LogP contribution is 2.28. The zero-order valence-corrected chi connectivity index (χ0v) is 13.2. The van der Waals surface area contributed by atoms with E-state index in [1.807, 2.05) is 23.9 Å². The highest BCUT2D eigenvalue weighted by Gasteiger charge is 2.32. The van der Waals surface area contributed by atoms with E-state index in [-0.39, 0.29) is 24.0 Å². The maximum Gasteiger partial charge on any atom is 0.317 e. The smallest absolute Gasteiger partial charge is 0.317 e. The van der Waals surface area contributed by atoms with Gasteiger partial charge in [0.2, 0.25) is 0 Å². The molecule has 0 bridgehead atoms. The maximum atomic E-state index is 12.5. The first-order valence-electron chi connectivity index (χ1n) is 8.38. The van der Waals surface area contributed by atoms with E-state index >= 15 is 0 Å². The number of aromatic nitrogens is 2. The van der Waals surface area contributed by atoms with Gasteiger partial charge >= 0.3 is 6.03 Å². The number of urea groups is 1. The zero-order valence-electron chi connectivity index (χ0n) is 13.2. The first-order valence-corrected chi connectivity index (χ1v) is 8.38. The summed E-state index contributed by atoms with van der Waals surface area (Å²) < 4.78 is 1.97. The molecule has 6 heteroatoms. The van der Waals surface area contributed by atoms with Crippen molar-refractivity contribution in [3.8, 4) is 0 Å². The van der Waals surface area contributed by atoms with Crippen LogP contribution in [-0.2, 0) is 0 Å². The van der Waals surface area contributed by atoms with Gasteiger partial charge in [0.15, 0.2) is 0 Å². The van der Waals surface area contributed by atoms with E-state index in [1.54, 1.807) is 11.1 Å². The Labute approximate surface area is 131 Å². The fourth-order valence-electron chi connectivity index (χ4n) is 3.56. The Balaban J connectivity index is 1.62. The summed E-state index contributed by atoms with van der Waals surface area (Å²) in [6.07, 6.45) is 8.57. The lowest BCUT2D eigenvalue weighted by atomic mass is 9.90. The maximum absolute atomic E-state index is 12.5. The fraction of sp³-hybridized carbons (Fsp3) is 0.750. The van der Waals surface area contributed by atoms with Gasteiger partial charge in [-0.15, -0.1) is 0 Å². The number of β-amino-alcohol motifs (C(OH)–C–C–N with tert-alkyl or cyclic N) is 1. The number of nitrogens with one attached hydrogen (secondary N) is 1. The van der Waals surface area contributed by atoms with Crippen LogP contribution in [0.3, 0.4) is 0 Å². The average molecular weight is 306 g/mol. The topological polar surface area (TPSA) is 70.4 Å². The van der Waals surface area contributed by atoms with Crippen LogP contribution >= 0.6 is 0 Å². The second-order valence-corrected chi connectivity index (χ2v) is 6.67. The van der Waals surface area contributed by atoms with Crippen LogP contribution in [0.25, 0.3) is 0 Å². The van der Waals surface area contributed by atoms with Gasteiger partial charge in [0.1, 0.15) is 0 Å². The number of hydrogen-bond donors (Lipinski definition) is 2. The van der Waals surface area contributed by atoms with Crippen LogP contribution in [0, 0.1) is 5.92 Å². The summed E-state index contributed by atoms with van der Waals surface area (Å²) in [5.41, 5.74) is 0. The normalized spacial score (nSPS) is 32.7. The van der Waals surface area contributed by atoms with Gasteiger partial charge in [0, 0.05) is 25.5 Å². The minimum Gasteiger partial charge on any atom is -0.391 e. The van der Waals surface area contributed by atoms with Gasteiger partial charge in [-0.2, -0.15) is 5.10 Å². The van der Waals surface area contributed by atoms with Crippen molar-refractivity contribution in [2.75, 3.05) is 13.1 Å². The Morgan fingerprint density at radius 1 is 1.32 bits per heavy atom. The quantitative estimate of drug-likeness (QED) is 0.875. The van der Waals surface area contributed by atoms with Gasteiger partial charge in [0.05, 0.1) is 18.2 Å². The molecule has 1 aliphatic heterocycles. The lowest BCUT2D eigenvalue weighted by Gasteiger charge is -2.37. The van der Waals surface area contributed by atoms with Crippen molar-refractivity contribution in [3.05, 3.63) is 18.5 Å². The first-order chi connectivity index (χ1) is 10.6. The van der Waals surface area contributed by atoms with Gasteiger partial charge in [-0.1, -0.05) is 19.8 Å². The van der Waals surface area contributed by atoms with Crippen LogP contribution in [0.2, 0.25) is 0 Å². The number of likely N-dealkylation sites (tertiary alicyclic amines) is 1. The second-order valence-electron chi connectivity index (χ2n) is 6.67. The average Bonchev–Trinajstić information content (AvgIpc) is 3.04. The molecule has 1 saturated carbocycles. The van der Waals surface area contributed by atoms with E-state index in [0.29, 0.717) is 6.54 Å². The molecule has 6 nitrogen and oxygen atoms in total. The third kappa shape index (κ3) is 3.27. The van der Waals surface area contributed by atoms with Crippen LogP contribution in [0.15, 0.2) is 18.5 Å². The summed E-state index contributed by atoms with van der Waals surface area (Å²) in [7, 11) is 0. The first kappa shape index (κ1) is 15.3. The predicted molar refractivity (Wildman–Crippen MR) is 83.4 cm³/mol. The van der Waals surface area contributed by atoms with Gasteiger partial charge in [-0.05, 0) is 31.2 Å². The van der Waals surface area contributed by atoms with Crippen LogP contribution in [0.4, 0.5) is 4.79 Å². The molecule has 1 aromatic heterocycles. The molecule has 3 rings (SSSR count). The molecule has 2 aliphatic rings. The Morgan fingerprint density at radius 3 is 2.86 bits per heavy atom. The van der Waals surface area contributed by atoms with Crippen LogP contribution < -0.4 is 5.32 Å². The molecule has 2 heterocycles. The summed E-state index contributed by atoms with van der Waals surface area (Å²) in [4.78, 5) is 14.3. The van der Waals surface area contributed by atoms with E-state index in [4.69, 9.17) is 0 Å². The van der Waals surface area contributed by atoms with E-state index < -0.39 is 6.10 Å². The molecular weight excluding hydrogens is 280 g/mol. The molecule has 2 fully saturated rings. The Bertz CT molecular complexity index is 490. The molecule has 4 unspecified atom stereocenters. The number of carbonyl (C=O) groups excluding carboxylic acids is 1. The number of carbonyl (C=O) groups is 1. The summed E-state index contributed by atoms with van der Waals surface area (Å²) in [5.74, 6) is 0.274. The Morgan fingerprint density at radius 2 is 2.14 bits per heavy atom. The summed E-state index contributed by atoms with van der Waals surface area (Å²) in [6.45, 7) is 3.20. The SMILES string of the molecule is CC1CCN(C(=O)NC2CCCCC2n2cccn2)CC1O. The lowest BCUT2D eigenvalue weighted by Crippen LogP contribution is -2.53. The van der Waals surface area contributed by atoms with Crippen molar-refractivity contribution >= 4 is 6.03 Å². The lowest BCUT2D eigenvalue weighted by molar-refractivity contribution is 0.0420. The number of amides is 2. The molecule has 22 heavy (non-hydrogen) atoms. The van der Waals surface area contributed by atoms with Crippen molar-refractivity contribution in [2.45, 2.75) is 57.2 Å². The van der Waals surface area contributed by atoms with E-state index in [2.05, 4.69) is 10.4 Å². The van der Waals surface area contributed by atoms with E-state index in [9.17, 15) is 9.90 Å². The van der Waals surface area contributed by atoms with Gasteiger partial charge in [-0.25, -0.2) is 4.79 Å². The summed E-state index contributed by atoms with van der Waals surface area (Å²) in [5, 5.41) is 17.5. The molecule has 0 spiro atoms. The Hall–Kier alpha value is -1.56. The molecule has 1 aromatic rings. The molecule has 2 N–H and O–H groups in total. The third-order valence-corrected chi connectivity index (χ3v) is 5.11. The molecule has 122 valence electrons. The Kier molecular flexibility index (Phi) is 4.66. The van der Waals surface area contributed by atoms with Gasteiger partial charge < -0.3 is 15.3 Å². The number of hydrogen-bond acceptors (Lipinski definition) is 3. The highest BCUT2D eigenvalue weighted by molar-refractivity contribution is 5.74. The predicted octanol–water partition coefficient (Wildman–Crippen LogP) is 1.78. The van der Waals surface area contributed by atoms with Crippen LogP contribution in [0.1, 0.15) is 45.1 Å². The second kappa shape index (κ2) is 6.69. The highest BCUT2D eigenvalue weighted by atomic mass is 16.3. The molecule has 0 aromatic carbocycles. The van der Waals surface area contributed by atoms with Crippen LogP contribution in [-0.4, -0.2) is 51.1 Å². The number of rotatable bonds is 2. The zero-order chi connectivity index (χ0) is 15.5. The van der Waals surface area contributed by atoms with E-state index in [1.165, 1.54) is 6.42 Å². The third-order valence-electron chi connectivity index (χ3n) is 5.11. The molecular formula is C16H26N4O2. The van der Waals surface area contributed by atoms with Crippen molar-refractivity contribution < 1.29 is 9.90 Å². The fourth-order valence-corrected chi connectivity index (χ4v) is 3.56. The van der Waals surface area contributed by atoms with E-state index in [0.717, 1.165) is 32.2 Å². The number of aliphatic hydroxyl groups excluding tert-OH is 1. The standard InChI is InChI=1S/C16H26N4O2/c1-12-7-10-19(11-15(12)21)16(22)18-13-5-2-3-6-14(13)20-9-4-8-17-20/h4,8-9,12-15,21H,2-3,5-7,10-11H2,1H3,(H,18,22). The number of piperidine rings is 1. The molecule has 2 amide bonds. The van der Waals surface area contributed by atoms with Crippen molar-refractivity contribution in [2.24, 2.45) is 5.92 Å². The molecule has 1 saturated heterocycles. The van der Waals surface area contributed by atoms with Crippen molar-refractivity contribution in [1.82, 2.24) is 20.0 Å². The molecule has 0 radical (unpaired) electrons. The minimum absolute atomic E-state index is 0.0463. The summed E-state index contributed by atoms with van der Waals surface area (Å²) >= 11 is 0. The van der Waals surface area contributed by atoms with Gasteiger partial charge in [-0.3, -0.25) is 4.68 Å². The van der Waals surface area contributed by atoms with Crippen LogP contribution in [0.5, 0.6) is 0 Å². The summed E-state index contributed by atoms with van der Waals surface area (Å²) in [6, 6.07) is 2.24. The molecule has 1 aliphatic carbocycles. The monoisotopic (exact) mass is 306 g/mol. The van der Waals surface area contributed by atoms with Crippen molar-refractivity contribution in [1.29, 1.82) is 0 Å². The number of aliphatic hydroxyl groups is 1.